The van der Waals surface area contributed by atoms with Gasteiger partial charge in [-0.1, -0.05) is 42.0 Å². The number of aliphatic carboxylic acids is 1. The van der Waals surface area contributed by atoms with Crippen molar-refractivity contribution < 1.29 is 14.7 Å². The van der Waals surface area contributed by atoms with Crippen molar-refractivity contribution in [1.82, 2.24) is 4.90 Å². The quantitative estimate of drug-likeness (QED) is 0.866. The molecule has 1 aromatic rings. The van der Waals surface area contributed by atoms with Crippen LogP contribution in [0.5, 0.6) is 0 Å². The highest BCUT2D eigenvalue weighted by atomic mass is 16.4. The maximum absolute atomic E-state index is 12.5. The summed E-state index contributed by atoms with van der Waals surface area (Å²) in [6, 6.07) is 8.00. The van der Waals surface area contributed by atoms with Crippen LogP contribution in [0.15, 0.2) is 36.4 Å². The average Bonchev–Trinajstić information content (AvgIpc) is 2.46. The summed E-state index contributed by atoms with van der Waals surface area (Å²) in [5.74, 6) is -2.04. The standard InChI is InChI=1S/C17H21NO3/c1-12-6-5-7-13(10-12)11-18(2)16(19)14-8-3-4-9-15(14)17(20)21/h3-7,10,14-15H,8-9,11H2,1-2H3,(H,20,21)/t14-,15+/m1/s1. The molecule has 2 rings (SSSR count). The van der Waals surface area contributed by atoms with E-state index in [4.69, 9.17) is 0 Å². The number of allylic oxidation sites excluding steroid dienone is 2. The van der Waals surface area contributed by atoms with Gasteiger partial charge in [-0.2, -0.15) is 0 Å². The van der Waals surface area contributed by atoms with Gasteiger partial charge in [0.15, 0.2) is 0 Å². The highest BCUT2D eigenvalue weighted by Gasteiger charge is 2.35. The summed E-state index contributed by atoms with van der Waals surface area (Å²) < 4.78 is 0. The normalized spacial score (nSPS) is 21.0. The second-order valence-corrected chi connectivity index (χ2v) is 5.68. The smallest absolute Gasteiger partial charge is 0.307 e. The summed E-state index contributed by atoms with van der Waals surface area (Å²) in [6.45, 7) is 2.52. The molecule has 1 amide bonds. The van der Waals surface area contributed by atoms with Crippen LogP contribution < -0.4 is 0 Å². The number of rotatable bonds is 4. The van der Waals surface area contributed by atoms with Crippen molar-refractivity contribution >= 4 is 11.9 Å². The lowest BCUT2D eigenvalue weighted by Crippen LogP contribution is -2.39. The molecule has 1 N–H and O–H groups in total. The van der Waals surface area contributed by atoms with E-state index in [1.807, 2.05) is 43.3 Å². The molecule has 4 nitrogen and oxygen atoms in total. The summed E-state index contributed by atoms with van der Waals surface area (Å²) in [5, 5.41) is 9.26. The average molecular weight is 287 g/mol. The molecule has 0 fully saturated rings. The fourth-order valence-corrected chi connectivity index (χ4v) is 2.81. The minimum Gasteiger partial charge on any atom is -0.481 e. The molecule has 0 radical (unpaired) electrons. The van der Waals surface area contributed by atoms with Crippen molar-refractivity contribution in [3.05, 3.63) is 47.5 Å². The number of amides is 1. The SMILES string of the molecule is Cc1cccc(CN(C)C(=O)[C@@H]2CC=CC[C@@H]2C(=O)O)c1. The lowest BCUT2D eigenvalue weighted by atomic mass is 9.82. The van der Waals surface area contributed by atoms with E-state index in [1.165, 1.54) is 0 Å². The lowest BCUT2D eigenvalue weighted by Gasteiger charge is -2.28. The molecule has 1 aliphatic rings. The van der Waals surface area contributed by atoms with Crippen molar-refractivity contribution in [1.29, 1.82) is 0 Å². The van der Waals surface area contributed by atoms with E-state index >= 15 is 0 Å². The van der Waals surface area contributed by atoms with Gasteiger partial charge >= 0.3 is 5.97 Å². The number of carboxylic acids is 1. The molecule has 1 aliphatic carbocycles. The number of benzene rings is 1. The van der Waals surface area contributed by atoms with Crippen molar-refractivity contribution in [2.24, 2.45) is 11.8 Å². The first-order chi connectivity index (χ1) is 9.99. The summed E-state index contributed by atoms with van der Waals surface area (Å²) in [7, 11) is 1.74. The largest absolute Gasteiger partial charge is 0.481 e. The van der Waals surface area contributed by atoms with Gasteiger partial charge in [-0.3, -0.25) is 9.59 Å². The van der Waals surface area contributed by atoms with Crippen molar-refractivity contribution in [2.75, 3.05) is 7.05 Å². The Bertz CT molecular complexity index is 565. The number of hydrogen-bond acceptors (Lipinski definition) is 2. The summed E-state index contributed by atoms with van der Waals surface area (Å²) >= 11 is 0. The molecular weight excluding hydrogens is 266 g/mol. The molecule has 1 aromatic carbocycles. The minimum atomic E-state index is -0.887. The Hall–Kier alpha value is -2.10. The summed E-state index contributed by atoms with van der Waals surface area (Å²) in [4.78, 5) is 25.5. The van der Waals surface area contributed by atoms with E-state index in [2.05, 4.69) is 0 Å². The Morgan fingerprint density at radius 1 is 1.24 bits per heavy atom. The van der Waals surface area contributed by atoms with E-state index in [9.17, 15) is 14.7 Å². The second kappa shape index (κ2) is 6.57. The third-order valence-corrected chi connectivity index (χ3v) is 3.95. The predicted octanol–water partition coefficient (Wildman–Crippen LogP) is 2.62. The van der Waals surface area contributed by atoms with Crippen molar-refractivity contribution in [2.45, 2.75) is 26.3 Å². The van der Waals surface area contributed by atoms with Crippen LogP contribution in [0.1, 0.15) is 24.0 Å². The van der Waals surface area contributed by atoms with Crippen molar-refractivity contribution in [3.8, 4) is 0 Å². The molecule has 0 aromatic heterocycles. The highest BCUT2D eigenvalue weighted by Crippen LogP contribution is 2.27. The zero-order valence-corrected chi connectivity index (χ0v) is 12.5. The summed E-state index contributed by atoms with van der Waals surface area (Å²) in [5.41, 5.74) is 2.21. The highest BCUT2D eigenvalue weighted by molar-refractivity contribution is 5.85. The van der Waals surface area contributed by atoms with Gasteiger partial charge in [0.2, 0.25) is 5.91 Å². The molecule has 112 valence electrons. The Kier molecular flexibility index (Phi) is 4.78. The molecule has 21 heavy (non-hydrogen) atoms. The topological polar surface area (TPSA) is 57.6 Å². The molecule has 0 heterocycles. The third kappa shape index (κ3) is 3.72. The Labute approximate surface area is 125 Å². The number of carbonyl (C=O) groups is 2. The van der Waals surface area contributed by atoms with Crippen LogP contribution in [0.4, 0.5) is 0 Å². The maximum atomic E-state index is 12.5. The minimum absolute atomic E-state index is 0.0896. The number of aryl methyl sites for hydroxylation is 1. The van der Waals surface area contributed by atoms with E-state index in [0.717, 1.165) is 11.1 Å². The van der Waals surface area contributed by atoms with Crippen LogP contribution in [0.3, 0.4) is 0 Å². The predicted molar refractivity (Wildman–Crippen MR) is 80.6 cm³/mol. The van der Waals surface area contributed by atoms with Crippen LogP contribution in [-0.2, 0) is 16.1 Å². The monoisotopic (exact) mass is 287 g/mol. The maximum Gasteiger partial charge on any atom is 0.307 e. The molecule has 0 saturated heterocycles. The van der Waals surface area contributed by atoms with Gasteiger partial charge in [0, 0.05) is 13.6 Å². The van der Waals surface area contributed by atoms with Crippen LogP contribution >= 0.6 is 0 Å². The van der Waals surface area contributed by atoms with E-state index < -0.39 is 17.8 Å². The fourth-order valence-electron chi connectivity index (χ4n) is 2.81. The van der Waals surface area contributed by atoms with E-state index in [1.54, 1.807) is 11.9 Å². The first-order valence-corrected chi connectivity index (χ1v) is 7.17. The molecule has 0 saturated carbocycles. The molecular formula is C17H21NO3. The number of nitrogens with zero attached hydrogens (tertiary/aromatic N) is 1. The number of carbonyl (C=O) groups excluding carboxylic acids is 1. The first kappa shape index (κ1) is 15.3. The molecule has 0 bridgehead atoms. The van der Waals surface area contributed by atoms with Gasteiger partial charge in [0.05, 0.1) is 11.8 Å². The Morgan fingerprint density at radius 2 is 1.90 bits per heavy atom. The lowest BCUT2D eigenvalue weighted by molar-refractivity contribution is -0.150. The fraction of sp³-hybridized carbons (Fsp3) is 0.412. The molecule has 2 atom stereocenters. The zero-order chi connectivity index (χ0) is 15.4. The second-order valence-electron chi connectivity index (χ2n) is 5.68. The number of hydrogen-bond donors (Lipinski definition) is 1. The molecule has 0 unspecified atom stereocenters. The first-order valence-electron chi connectivity index (χ1n) is 7.17. The summed E-state index contributed by atoms with van der Waals surface area (Å²) in [6.07, 6.45) is 4.70. The van der Waals surface area contributed by atoms with Crippen LogP contribution in [0, 0.1) is 18.8 Å². The molecule has 4 heteroatoms. The molecule has 0 spiro atoms. The van der Waals surface area contributed by atoms with Gasteiger partial charge in [-0.15, -0.1) is 0 Å². The van der Waals surface area contributed by atoms with Crippen LogP contribution in [0.25, 0.3) is 0 Å². The Morgan fingerprint density at radius 3 is 2.52 bits per heavy atom. The van der Waals surface area contributed by atoms with Gasteiger partial charge in [0.1, 0.15) is 0 Å². The van der Waals surface area contributed by atoms with Gasteiger partial charge in [-0.05, 0) is 25.3 Å². The van der Waals surface area contributed by atoms with E-state index in [0.29, 0.717) is 19.4 Å². The van der Waals surface area contributed by atoms with Gasteiger partial charge in [-0.25, -0.2) is 0 Å². The molecule has 0 aliphatic heterocycles. The third-order valence-electron chi connectivity index (χ3n) is 3.95. The van der Waals surface area contributed by atoms with Crippen LogP contribution in [0.2, 0.25) is 0 Å². The van der Waals surface area contributed by atoms with E-state index in [-0.39, 0.29) is 5.91 Å². The Balaban J connectivity index is 2.07. The van der Waals surface area contributed by atoms with Crippen molar-refractivity contribution in [3.63, 3.8) is 0 Å². The van der Waals surface area contributed by atoms with Gasteiger partial charge < -0.3 is 10.0 Å². The zero-order valence-electron chi connectivity index (χ0n) is 12.5. The number of carboxylic acid groups (broad SMARTS) is 1. The van der Waals surface area contributed by atoms with Crippen LogP contribution in [-0.4, -0.2) is 28.9 Å². The van der Waals surface area contributed by atoms with Gasteiger partial charge in [0.25, 0.3) is 0 Å².